The third-order valence-corrected chi connectivity index (χ3v) is 4.07. The first-order chi connectivity index (χ1) is 11.0. The Morgan fingerprint density at radius 3 is 2.87 bits per heavy atom. The van der Waals surface area contributed by atoms with Gasteiger partial charge >= 0.3 is 0 Å². The van der Waals surface area contributed by atoms with E-state index in [-0.39, 0.29) is 12.2 Å². The fourth-order valence-corrected chi connectivity index (χ4v) is 3.00. The van der Waals surface area contributed by atoms with Crippen LogP contribution in [-0.4, -0.2) is 54.6 Å². The second kappa shape index (κ2) is 9.38. The summed E-state index contributed by atoms with van der Waals surface area (Å²) in [5.74, 6) is 0. The molecule has 4 heteroatoms. The zero-order valence-corrected chi connectivity index (χ0v) is 14.7. The number of aryl methyl sites for hydroxylation is 1. The van der Waals surface area contributed by atoms with Crippen LogP contribution in [0.5, 0.6) is 0 Å². The first kappa shape index (κ1) is 18.4. The predicted octanol–water partition coefficient (Wildman–Crippen LogP) is 2.76. The molecule has 130 valence electrons. The van der Waals surface area contributed by atoms with Gasteiger partial charge in [0.15, 0.2) is 0 Å². The molecule has 1 aliphatic rings. The quantitative estimate of drug-likeness (QED) is 0.759. The van der Waals surface area contributed by atoms with E-state index in [0.29, 0.717) is 13.2 Å². The highest BCUT2D eigenvalue weighted by Gasteiger charge is 2.21. The second-order valence-electron chi connectivity index (χ2n) is 6.85. The summed E-state index contributed by atoms with van der Waals surface area (Å²) in [5, 5.41) is 10.3. The molecule has 0 amide bonds. The van der Waals surface area contributed by atoms with Crippen molar-refractivity contribution in [2.75, 3.05) is 26.3 Å². The van der Waals surface area contributed by atoms with Gasteiger partial charge in [0.05, 0.1) is 24.9 Å². The van der Waals surface area contributed by atoms with Gasteiger partial charge in [-0.3, -0.25) is 4.90 Å². The van der Waals surface area contributed by atoms with Crippen LogP contribution in [0.4, 0.5) is 0 Å². The summed E-state index contributed by atoms with van der Waals surface area (Å²) in [7, 11) is 0. The van der Waals surface area contributed by atoms with E-state index in [1.807, 2.05) is 13.8 Å². The zero-order chi connectivity index (χ0) is 16.7. The summed E-state index contributed by atoms with van der Waals surface area (Å²) in [4.78, 5) is 2.29. The lowest BCUT2D eigenvalue weighted by Crippen LogP contribution is -2.39. The molecular formula is C19H31NO3. The molecule has 0 bridgehead atoms. The van der Waals surface area contributed by atoms with E-state index in [1.165, 1.54) is 11.1 Å². The Bertz CT molecular complexity index is 458. The Morgan fingerprint density at radius 1 is 1.39 bits per heavy atom. The molecule has 1 aliphatic heterocycles. The average Bonchev–Trinajstić information content (AvgIpc) is 2.98. The lowest BCUT2D eigenvalue weighted by Gasteiger charge is -2.28. The number of hydrogen-bond acceptors (Lipinski definition) is 4. The van der Waals surface area contributed by atoms with Crippen LogP contribution in [0, 0.1) is 6.92 Å². The normalized spacial score (nSPS) is 19.7. The lowest BCUT2D eigenvalue weighted by molar-refractivity contribution is -0.0172. The maximum atomic E-state index is 10.3. The van der Waals surface area contributed by atoms with Crippen molar-refractivity contribution in [2.45, 2.75) is 58.5 Å². The molecule has 2 unspecified atom stereocenters. The molecule has 0 spiro atoms. The van der Waals surface area contributed by atoms with Crippen molar-refractivity contribution in [1.82, 2.24) is 4.90 Å². The van der Waals surface area contributed by atoms with E-state index in [2.05, 4.69) is 36.1 Å². The average molecular weight is 321 g/mol. The van der Waals surface area contributed by atoms with Gasteiger partial charge in [-0.1, -0.05) is 29.8 Å². The van der Waals surface area contributed by atoms with Gasteiger partial charge in [-0.05, 0) is 39.2 Å². The van der Waals surface area contributed by atoms with Crippen LogP contribution in [0.3, 0.4) is 0 Å². The summed E-state index contributed by atoms with van der Waals surface area (Å²) in [6.07, 6.45) is 2.22. The van der Waals surface area contributed by atoms with Crippen molar-refractivity contribution in [2.24, 2.45) is 0 Å². The van der Waals surface area contributed by atoms with Gasteiger partial charge in [-0.25, -0.2) is 0 Å². The molecule has 0 saturated carbocycles. The number of aliphatic hydroxyl groups is 1. The largest absolute Gasteiger partial charge is 0.389 e. The maximum Gasteiger partial charge on any atom is 0.0900 e. The van der Waals surface area contributed by atoms with E-state index in [0.717, 1.165) is 32.5 Å². The first-order valence-electron chi connectivity index (χ1n) is 8.72. The third kappa shape index (κ3) is 7.00. The fraction of sp³-hybridized carbons (Fsp3) is 0.684. The van der Waals surface area contributed by atoms with E-state index in [9.17, 15) is 5.11 Å². The lowest BCUT2D eigenvalue weighted by atomic mass is 10.1. The number of benzene rings is 1. The summed E-state index contributed by atoms with van der Waals surface area (Å²) >= 11 is 0. The molecule has 4 nitrogen and oxygen atoms in total. The molecule has 1 saturated heterocycles. The minimum atomic E-state index is -0.469. The van der Waals surface area contributed by atoms with Crippen molar-refractivity contribution in [1.29, 1.82) is 0 Å². The standard InChI is InChI=1S/C19H31NO3/c1-15(2)23-14-18(21)12-20(13-19-8-5-9-22-19)11-17-7-4-6-16(3)10-17/h4,6-7,10,15,18-19,21H,5,8-9,11-14H2,1-3H3. The van der Waals surface area contributed by atoms with Crippen molar-refractivity contribution < 1.29 is 14.6 Å². The topological polar surface area (TPSA) is 41.9 Å². The van der Waals surface area contributed by atoms with Gasteiger partial charge in [0, 0.05) is 26.2 Å². The molecule has 1 heterocycles. The van der Waals surface area contributed by atoms with Gasteiger partial charge in [-0.15, -0.1) is 0 Å². The van der Waals surface area contributed by atoms with E-state index in [4.69, 9.17) is 9.47 Å². The molecule has 0 radical (unpaired) electrons. The van der Waals surface area contributed by atoms with Crippen molar-refractivity contribution in [3.05, 3.63) is 35.4 Å². The summed E-state index contributed by atoms with van der Waals surface area (Å²) in [6.45, 7) is 9.65. The van der Waals surface area contributed by atoms with Gasteiger partial charge in [0.2, 0.25) is 0 Å². The Hall–Kier alpha value is -0.940. The SMILES string of the molecule is Cc1cccc(CN(CC(O)COC(C)C)CC2CCCO2)c1. The van der Waals surface area contributed by atoms with Crippen molar-refractivity contribution in [3.8, 4) is 0 Å². The van der Waals surface area contributed by atoms with Crippen LogP contribution in [-0.2, 0) is 16.0 Å². The highest BCUT2D eigenvalue weighted by Crippen LogP contribution is 2.16. The molecular weight excluding hydrogens is 290 g/mol. The molecule has 1 aromatic carbocycles. The van der Waals surface area contributed by atoms with Crippen LogP contribution in [0.15, 0.2) is 24.3 Å². The minimum absolute atomic E-state index is 0.146. The Morgan fingerprint density at radius 2 is 2.22 bits per heavy atom. The molecule has 2 atom stereocenters. The Labute approximate surface area is 140 Å². The van der Waals surface area contributed by atoms with Gasteiger partial charge in [-0.2, -0.15) is 0 Å². The fourth-order valence-electron chi connectivity index (χ4n) is 3.00. The number of hydrogen-bond donors (Lipinski definition) is 1. The van der Waals surface area contributed by atoms with Crippen LogP contribution < -0.4 is 0 Å². The third-order valence-electron chi connectivity index (χ3n) is 4.07. The molecule has 0 aliphatic carbocycles. The smallest absolute Gasteiger partial charge is 0.0900 e. The monoisotopic (exact) mass is 321 g/mol. The highest BCUT2D eigenvalue weighted by atomic mass is 16.5. The van der Waals surface area contributed by atoms with Crippen LogP contribution >= 0.6 is 0 Å². The number of rotatable bonds is 9. The van der Waals surface area contributed by atoms with E-state index < -0.39 is 6.10 Å². The van der Waals surface area contributed by atoms with Crippen molar-refractivity contribution >= 4 is 0 Å². The summed E-state index contributed by atoms with van der Waals surface area (Å²) < 4.78 is 11.3. The molecule has 0 aromatic heterocycles. The molecule has 2 rings (SSSR count). The summed E-state index contributed by atoms with van der Waals surface area (Å²) in [6, 6.07) is 8.55. The first-order valence-corrected chi connectivity index (χ1v) is 8.72. The van der Waals surface area contributed by atoms with Gasteiger partial charge in [0.25, 0.3) is 0 Å². The number of aliphatic hydroxyl groups excluding tert-OH is 1. The molecule has 1 aromatic rings. The number of ether oxygens (including phenoxy) is 2. The molecule has 1 N–H and O–H groups in total. The molecule has 23 heavy (non-hydrogen) atoms. The second-order valence-corrected chi connectivity index (χ2v) is 6.85. The van der Waals surface area contributed by atoms with Crippen molar-refractivity contribution in [3.63, 3.8) is 0 Å². The highest BCUT2D eigenvalue weighted by molar-refractivity contribution is 5.22. The zero-order valence-electron chi connectivity index (χ0n) is 14.7. The molecule has 1 fully saturated rings. The van der Waals surface area contributed by atoms with E-state index >= 15 is 0 Å². The predicted molar refractivity (Wildman–Crippen MR) is 92.5 cm³/mol. The van der Waals surface area contributed by atoms with Crippen LogP contribution in [0.2, 0.25) is 0 Å². The van der Waals surface area contributed by atoms with E-state index in [1.54, 1.807) is 0 Å². The maximum absolute atomic E-state index is 10.3. The number of nitrogens with zero attached hydrogens (tertiary/aromatic N) is 1. The van der Waals surface area contributed by atoms with Gasteiger partial charge < -0.3 is 14.6 Å². The minimum Gasteiger partial charge on any atom is -0.389 e. The van der Waals surface area contributed by atoms with Gasteiger partial charge in [0.1, 0.15) is 0 Å². The van der Waals surface area contributed by atoms with Crippen LogP contribution in [0.1, 0.15) is 37.8 Å². The Balaban J connectivity index is 1.93. The Kier molecular flexibility index (Phi) is 7.50. The summed E-state index contributed by atoms with van der Waals surface area (Å²) in [5.41, 5.74) is 2.54. The van der Waals surface area contributed by atoms with Crippen LogP contribution in [0.25, 0.3) is 0 Å².